The molecule has 0 amide bonds. The van der Waals surface area contributed by atoms with Crippen LogP contribution < -0.4 is 0 Å². The first-order valence-electron chi connectivity index (χ1n) is 5.07. The third-order valence-corrected chi connectivity index (χ3v) is 9.24. The summed E-state index contributed by atoms with van der Waals surface area (Å²) in [6.07, 6.45) is 0. The van der Waals surface area contributed by atoms with Gasteiger partial charge in [0.1, 0.15) is 0 Å². The van der Waals surface area contributed by atoms with Crippen LogP contribution in [-0.4, -0.2) is 77.1 Å². The molecule has 4 bridgehead atoms. The minimum atomic E-state index is -1.75. The Morgan fingerprint density at radius 1 is 1.07 bits per heavy atom. The zero-order chi connectivity index (χ0) is 11.0. The van der Waals surface area contributed by atoms with Gasteiger partial charge in [-0.25, -0.2) is 4.59 Å². The molecule has 0 saturated carbocycles. The van der Waals surface area contributed by atoms with Crippen molar-refractivity contribution in [3.8, 4) is 0 Å². The first kappa shape index (κ1) is 10.6. The number of nitrogens with zero attached hydrogens (tertiary/aromatic N) is 6. The van der Waals surface area contributed by atoms with Crippen molar-refractivity contribution in [2.24, 2.45) is 0 Å². The summed E-state index contributed by atoms with van der Waals surface area (Å²) in [5.41, 5.74) is 0. The highest BCUT2D eigenvalue weighted by molar-refractivity contribution is 8.11. The Kier molecular flexibility index (Phi) is 1.97. The van der Waals surface area contributed by atoms with Crippen molar-refractivity contribution in [3.63, 3.8) is 0 Å². The Bertz CT molecular complexity index is 339. The maximum absolute atomic E-state index is 5.92. The molecule has 0 aromatic heterocycles. The first-order valence-corrected chi connectivity index (χ1v) is 7.73. The monoisotopic (exact) mass is 249 g/mol. The highest BCUT2D eigenvalue weighted by Gasteiger charge is 2.61. The maximum Gasteiger partial charge on any atom is 0.219 e. The standard InChI is InChI=1S/C7H18N6PS/c1-8-11-5-12-7-13(4,6-11)10(3)14(8,15)9(12)2/h5-7H2,1-4H3/q+1. The van der Waals surface area contributed by atoms with Crippen LogP contribution in [0.5, 0.6) is 0 Å². The molecule has 2 atom stereocenters. The van der Waals surface area contributed by atoms with E-state index in [0.717, 1.165) is 24.6 Å². The van der Waals surface area contributed by atoms with Crippen molar-refractivity contribution < 1.29 is 4.59 Å². The Morgan fingerprint density at radius 2 is 1.53 bits per heavy atom. The third kappa shape index (κ3) is 1.03. The molecule has 0 aromatic rings. The van der Waals surface area contributed by atoms with E-state index in [2.05, 4.69) is 52.5 Å². The van der Waals surface area contributed by atoms with Crippen molar-refractivity contribution in [3.05, 3.63) is 0 Å². The van der Waals surface area contributed by atoms with Crippen molar-refractivity contribution >= 4 is 18.3 Å². The Morgan fingerprint density at radius 3 is 2.00 bits per heavy atom. The van der Waals surface area contributed by atoms with Gasteiger partial charge >= 0.3 is 0 Å². The van der Waals surface area contributed by atoms with Crippen molar-refractivity contribution in [2.75, 3.05) is 48.2 Å². The van der Waals surface area contributed by atoms with Gasteiger partial charge < -0.3 is 0 Å². The summed E-state index contributed by atoms with van der Waals surface area (Å²) in [7, 11) is 8.67. The lowest BCUT2D eigenvalue weighted by Crippen LogP contribution is -2.81. The summed E-state index contributed by atoms with van der Waals surface area (Å²) >= 11 is 5.92. The Hall–Kier alpha value is 0.410. The summed E-state index contributed by atoms with van der Waals surface area (Å²) in [6.45, 7) is 1.30. The van der Waals surface area contributed by atoms with Gasteiger partial charge in [-0.15, -0.1) is 0 Å². The molecular formula is C7H18N6PS+. The van der Waals surface area contributed by atoms with Crippen molar-refractivity contribution in [2.45, 2.75) is 0 Å². The quantitative estimate of drug-likeness (QED) is 0.430. The fraction of sp³-hybridized carbons (Fsp3) is 1.00. The molecule has 0 aromatic carbocycles. The molecule has 4 aliphatic heterocycles. The van der Waals surface area contributed by atoms with Crippen LogP contribution >= 0.6 is 6.49 Å². The highest BCUT2D eigenvalue weighted by Crippen LogP contribution is 2.64. The van der Waals surface area contributed by atoms with Gasteiger partial charge in [0.15, 0.2) is 13.3 Å². The normalized spacial score (nSPS) is 56.5. The molecule has 8 heteroatoms. The Balaban J connectivity index is 2.15. The van der Waals surface area contributed by atoms with Gasteiger partial charge in [-0.05, 0) is 11.8 Å². The van der Waals surface area contributed by atoms with Crippen molar-refractivity contribution in [1.82, 2.24) is 24.4 Å². The molecule has 6 nitrogen and oxygen atoms in total. The largest absolute Gasteiger partial charge is 0.219 e. The van der Waals surface area contributed by atoms with Crippen LogP contribution in [0.4, 0.5) is 0 Å². The predicted octanol–water partition coefficient (Wildman–Crippen LogP) is -0.285. The van der Waals surface area contributed by atoms with E-state index in [9.17, 15) is 0 Å². The van der Waals surface area contributed by atoms with E-state index in [-0.39, 0.29) is 0 Å². The fourth-order valence-corrected chi connectivity index (χ4v) is 6.58. The topological polar surface area (TPSA) is 16.2 Å². The molecule has 0 aliphatic carbocycles. The second-order valence-electron chi connectivity index (χ2n) is 4.76. The van der Waals surface area contributed by atoms with E-state index >= 15 is 0 Å². The van der Waals surface area contributed by atoms with Crippen LogP contribution in [0.25, 0.3) is 0 Å². The summed E-state index contributed by atoms with van der Waals surface area (Å²) in [4.78, 5) is 0. The fourth-order valence-electron chi connectivity index (χ4n) is 2.75. The van der Waals surface area contributed by atoms with E-state index < -0.39 is 6.49 Å². The minimum Gasteiger partial charge on any atom is -0.213 e. The molecular weight excluding hydrogens is 231 g/mol. The number of hydrogen-bond donors (Lipinski definition) is 0. The second kappa shape index (κ2) is 2.80. The van der Waals surface area contributed by atoms with Gasteiger partial charge in [-0.1, -0.05) is 4.78 Å². The molecule has 4 aliphatic rings. The molecule has 4 heterocycles. The molecule has 4 rings (SSSR count). The zero-order valence-electron chi connectivity index (χ0n) is 9.66. The molecule has 2 unspecified atom stereocenters. The number of rotatable bonds is 0. The third-order valence-electron chi connectivity index (χ3n) is 3.91. The van der Waals surface area contributed by atoms with E-state index in [0.29, 0.717) is 0 Å². The van der Waals surface area contributed by atoms with Gasteiger partial charge in [0, 0.05) is 21.1 Å². The van der Waals surface area contributed by atoms with Crippen LogP contribution in [0.1, 0.15) is 0 Å². The van der Waals surface area contributed by atoms with Crippen LogP contribution in [0.15, 0.2) is 0 Å². The number of hydrazine groups is 2. The summed E-state index contributed by atoms with van der Waals surface area (Å²) in [5, 5.41) is 4.73. The minimum absolute atomic E-state index is 0.923. The van der Waals surface area contributed by atoms with Gasteiger partial charge in [0.05, 0.1) is 13.7 Å². The van der Waals surface area contributed by atoms with Crippen LogP contribution in [0.3, 0.4) is 0 Å². The lowest BCUT2D eigenvalue weighted by molar-refractivity contribution is -1.03. The number of quaternary nitrogens is 1. The SMILES string of the molecule is CN1N2CN3C[N+](C)(C2)N(C)P1(=S)N3C. The second-order valence-corrected chi connectivity index (χ2v) is 8.99. The molecule has 4 fully saturated rings. The van der Waals surface area contributed by atoms with Crippen LogP contribution in [0.2, 0.25) is 0 Å². The molecule has 15 heavy (non-hydrogen) atoms. The van der Waals surface area contributed by atoms with E-state index in [1.165, 1.54) is 0 Å². The summed E-state index contributed by atoms with van der Waals surface area (Å²) in [6, 6.07) is 0. The molecule has 0 radical (unpaired) electrons. The van der Waals surface area contributed by atoms with E-state index in [4.69, 9.17) is 11.8 Å². The smallest absolute Gasteiger partial charge is 0.213 e. The van der Waals surface area contributed by atoms with Crippen LogP contribution in [0, 0.1) is 0 Å². The van der Waals surface area contributed by atoms with Gasteiger partial charge in [0.25, 0.3) is 0 Å². The zero-order valence-corrected chi connectivity index (χ0v) is 11.4. The van der Waals surface area contributed by atoms with Gasteiger partial charge in [-0.2, -0.15) is 19.6 Å². The van der Waals surface area contributed by atoms with E-state index in [1.807, 2.05) is 0 Å². The molecule has 4 saturated heterocycles. The van der Waals surface area contributed by atoms with Gasteiger partial charge in [-0.3, -0.25) is 0 Å². The van der Waals surface area contributed by atoms with E-state index in [1.54, 1.807) is 0 Å². The Labute approximate surface area is 95.9 Å². The lowest BCUT2D eigenvalue weighted by Gasteiger charge is -2.68. The average Bonchev–Trinajstić information content (AvgIpc) is 2.20. The summed E-state index contributed by atoms with van der Waals surface area (Å²) in [5.74, 6) is 0. The average molecular weight is 249 g/mol. The highest BCUT2D eigenvalue weighted by atomic mass is 32.4. The van der Waals surface area contributed by atoms with Gasteiger partial charge in [0.2, 0.25) is 6.49 Å². The molecule has 0 N–H and O–H groups in total. The number of hydrogen-bond acceptors (Lipinski definition) is 3. The van der Waals surface area contributed by atoms with Crippen molar-refractivity contribution in [1.29, 1.82) is 0 Å². The first-order chi connectivity index (χ1) is 6.89. The lowest BCUT2D eigenvalue weighted by atomic mass is 10.6. The van der Waals surface area contributed by atoms with Crippen LogP contribution in [-0.2, 0) is 11.8 Å². The summed E-state index contributed by atoms with van der Waals surface area (Å²) < 4.78 is 7.84. The predicted molar refractivity (Wildman–Crippen MR) is 62.0 cm³/mol. The molecule has 0 spiro atoms. The molecule has 86 valence electrons. The maximum atomic E-state index is 5.92.